The first-order valence-electron chi connectivity index (χ1n) is 7.91. The van der Waals surface area contributed by atoms with Crippen LogP contribution in [-0.2, 0) is 6.54 Å². The van der Waals surface area contributed by atoms with Gasteiger partial charge in [0.2, 0.25) is 5.82 Å². The first-order chi connectivity index (χ1) is 12.8. The van der Waals surface area contributed by atoms with E-state index in [-0.39, 0.29) is 27.5 Å². The van der Waals surface area contributed by atoms with Gasteiger partial charge in [-0.2, -0.15) is 4.98 Å². The SMILES string of the molecule is CN(C)c1ccc(CNC(=O)c2nc(-c3cc(Cl)c(O)c(Cl)c3)no2)cc1. The number of nitrogens with one attached hydrogen (secondary N) is 1. The van der Waals surface area contributed by atoms with Crippen LogP contribution in [0.5, 0.6) is 5.75 Å². The standard InChI is InChI=1S/C18H16Cl2N4O3/c1-24(2)12-5-3-10(4-6-12)9-21-17(26)18-22-16(23-27-18)11-7-13(19)15(25)14(20)8-11/h3-8,25H,9H2,1-2H3,(H,21,26). The number of hydrogen-bond donors (Lipinski definition) is 2. The maximum absolute atomic E-state index is 12.2. The van der Waals surface area contributed by atoms with Crippen molar-refractivity contribution in [2.75, 3.05) is 19.0 Å². The fourth-order valence-corrected chi connectivity index (χ4v) is 2.78. The van der Waals surface area contributed by atoms with E-state index in [0.717, 1.165) is 11.3 Å². The van der Waals surface area contributed by atoms with Gasteiger partial charge >= 0.3 is 11.8 Å². The smallest absolute Gasteiger partial charge is 0.316 e. The van der Waals surface area contributed by atoms with E-state index in [1.54, 1.807) is 0 Å². The Hall–Kier alpha value is -2.77. The van der Waals surface area contributed by atoms with Gasteiger partial charge in [0.25, 0.3) is 0 Å². The van der Waals surface area contributed by atoms with Gasteiger partial charge in [0.05, 0.1) is 10.0 Å². The summed E-state index contributed by atoms with van der Waals surface area (Å²) in [7, 11) is 3.91. The van der Waals surface area contributed by atoms with Gasteiger partial charge in [-0.25, -0.2) is 0 Å². The van der Waals surface area contributed by atoms with Crippen LogP contribution in [0.4, 0.5) is 5.69 Å². The lowest BCUT2D eigenvalue weighted by atomic mass is 10.2. The van der Waals surface area contributed by atoms with Crippen LogP contribution in [0.15, 0.2) is 40.9 Å². The Morgan fingerprint density at radius 3 is 2.41 bits per heavy atom. The third kappa shape index (κ3) is 4.32. The molecule has 0 unspecified atom stereocenters. The van der Waals surface area contributed by atoms with Crippen LogP contribution in [0, 0.1) is 0 Å². The number of rotatable bonds is 5. The Morgan fingerprint density at radius 1 is 1.19 bits per heavy atom. The number of anilines is 1. The molecule has 3 aromatic rings. The van der Waals surface area contributed by atoms with Crippen molar-refractivity contribution in [2.45, 2.75) is 6.54 Å². The molecule has 0 aliphatic carbocycles. The highest BCUT2D eigenvalue weighted by molar-refractivity contribution is 6.37. The molecule has 9 heteroatoms. The van der Waals surface area contributed by atoms with Crippen LogP contribution < -0.4 is 10.2 Å². The zero-order valence-corrected chi connectivity index (χ0v) is 16.0. The van der Waals surface area contributed by atoms with E-state index in [9.17, 15) is 9.90 Å². The predicted molar refractivity (Wildman–Crippen MR) is 103 cm³/mol. The van der Waals surface area contributed by atoms with Crippen molar-refractivity contribution in [3.63, 3.8) is 0 Å². The summed E-state index contributed by atoms with van der Waals surface area (Å²) < 4.78 is 5.00. The first kappa shape index (κ1) is 19.0. The number of benzene rings is 2. The Kier molecular flexibility index (Phi) is 5.53. The minimum atomic E-state index is -0.499. The van der Waals surface area contributed by atoms with Crippen LogP contribution >= 0.6 is 23.2 Å². The van der Waals surface area contributed by atoms with Crippen molar-refractivity contribution in [1.82, 2.24) is 15.5 Å². The second-order valence-electron chi connectivity index (χ2n) is 5.96. The lowest BCUT2D eigenvalue weighted by Gasteiger charge is -2.12. The molecular formula is C18H16Cl2N4O3. The lowest BCUT2D eigenvalue weighted by molar-refractivity contribution is 0.0907. The zero-order valence-electron chi connectivity index (χ0n) is 14.5. The van der Waals surface area contributed by atoms with E-state index in [2.05, 4.69) is 15.5 Å². The van der Waals surface area contributed by atoms with Gasteiger partial charge in [-0.3, -0.25) is 4.79 Å². The average Bonchev–Trinajstić information content (AvgIpc) is 3.14. The highest BCUT2D eigenvalue weighted by atomic mass is 35.5. The number of aromatic nitrogens is 2. The molecule has 27 heavy (non-hydrogen) atoms. The highest BCUT2D eigenvalue weighted by Crippen LogP contribution is 2.35. The second kappa shape index (κ2) is 7.85. The molecular weight excluding hydrogens is 391 g/mol. The van der Waals surface area contributed by atoms with E-state index in [1.807, 2.05) is 43.3 Å². The number of phenols is 1. The molecule has 0 aliphatic rings. The highest BCUT2D eigenvalue weighted by Gasteiger charge is 2.17. The van der Waals surface area contributed by atoms with Gasteiger partial charge in [-0.1, -0.05) is 40.5 Å². The van der Waals surface area contributed by atoms with Crippen molar-refractivity contribution in [3.8, 4) is 17.1 Å². The first-order valence-corrected chi connectivity index (χ1v) is 8.67. The van der Waals surface area contributed by atoms with Gasteiger partial charge in [0.1, 0.15) is 0 Å². The number of aromatic hydroxyl groups is 1. The van der Waals surface area contributed by atoms with Crippen LogP contribution in [0.25, 0.3) is 11.4 Å². The Bertz CT molecular complexity index is 948. The Morgan fingerprint density at radius 2 is 1.81 bits per heavy atom. The van der Waals surface area contributed by atoms with E-state index in [0.29, 0.717) is 12.1 Å². The maximum atomic E-state index is 12.2. The largest absolute Gasteiger partial charge is 0.505 e. The molecule has 1 aromatic heterocycles. The zero-order chi connectivity index (χ0) is 19.6. The number of carbonyl (C=O) groups is 1. The average molecular weight is 407 g/mol. The summed E-state index contributed by atoms with van der Waals surface area (Å²) in [4.78, 5) is 18.3. The lowest BCUT2D eigenvalue weighted by Crippen LogP contribution is -2.23. The number of nitrogens with zero attached hydrogens (tertiary/aromatic N) is 3. The molecule has 0 atom stereocenters. The third-order valence-electron chi connectivity index (χ3n) is 3.80. The predicted octanol–water partition coefficient (Wildman–Crippen LogP) is 3.75. The van der Waals surface area contributed by atoms with Crippen molar-refractivity contribution in [1.29, 1.82) is 0 Å². The van der Waals surface area contributed by atoms with Crippen molar-refractivity contribution in [3.05, 3.63) is 57.9 Å². The minimum Gasteiger partial charge on any atom is -0.505 e. The van der Waals surface area contributed by atoms with Crippen LogP contribution in [0.1, 0.15) is 16.2 Å². The molecule has 0 radical (unpaired) electrons. The summed E-state index contributed by atoms with van der Waals surface area (Å²) in [6, 6.07) is 10.6. The molecule has 1 amide bonds. The molecule has 2 aromatic carbocycles. The van der Waals surface area contributed by atoms with Gasteiger partial charge in [-0.15, -0.1) is 0 Å². The third-order valence-corrected chi connectivity index (χ3v) is 4.38. The van der Waals surface area contributed by atoms with E-state index >= 15 is 0 Å². The topological polar surface area (TPSA) is 91.5 Å². The fourth-order valence-electron chi connectivity index (χ4n) is 2.30. The molecule has 0 bridgehead atoms. The summed E-state index contributed by atoms with van der Waals surface area (Å²) in [5, 5.41) is 16.2. The number of phenolic OH excluding ortho intramolecular Hbond substituents is 1. The number of carbonyl (C=O) groups excluding carboxylic acids is 1. The molecule has 0 spiro atoms. The summed E-state index contributed by atoms with van der Waals surface area (Å²) >= 11 is 11.8. The summed E-state index contributed by atoms with van der Waals surface area (Å²) in [5.41, 5.74) is 2.42. The van der Waals surface area contributed by atoms with Crippen molar-refractivity contribution < 1.29 is 14.4 Å². The number of halogens is 2. The van der Waals surface area contributed by atoms with Gasteiger partial charge in [0, 0.05) is 31.9 Å². The maximum Gasteiger partial charge on any atom is 0.316 e. The summed E-state index contributed by atoms with van der Waals surface area (Å²) in [6.07, 6.45) is 0. The molecule has 0 saturated heterocycles. The van der Waals surface area contributed by atoms with E-state index in [4.69, 9.17) is 27.7 Å². The summed E-state index contributed by atoms with van der Waals surface area (Å²) in [6.45, 7) is 0.321. The second-order valence-corrected chi connectivity index (χ2v) is 6.77. The number of hydrogen-bond acceptors (Lipinski definition) is 6. The molecule has 0 aliphatic heterocycles. The molecule has 0 saturated carbocycles. The van der Waals surface area contributed by atoms with E-state index in [1.165, 1.54) is 12.1 Å². The quantitative estimate of drug-likeness (QED) is 0.670. The monoisotopic (exact) mass is 406 g/mol. The minimum absolute atomic E-state index is 0.0504. The van der Waals surface area contributed by atoms with Crippen molar-refractivity contribution in [2.24, 2.45) is 0 Å². The van der Waals surface area contributed by atoms with Gasteiger partial charge < -0.3 is 19.8 Å². The molecule has 0 fully saturated rings. The normalized spacial score (nSPS) is 10.7. The van der Waals surface area contributed by atoms with E-state index < -0.39 is 5.91 Å². The Balaban J connectivity index is 1.68. The molecule has 7 nitrogen and oxygen atoms in total. The Labute approximate surface area is 165 Å². The molecule has 2 N–H and O–H groups in total. The van der Waals surface area contributed by atoms with Crippen LogP contribution in [-0.4, -0.2) is 35.2 Å². The fraction of sp³-hybridized carbons (Fsp3) is 0.167. The number of amides is 1. The van der Waals surface area contributed by atoms with Crippen LogP contribution in [0.3, 0.4) is 0 Å². The molecule has 1 heterocycles. The molecule has 140 valence electrons. The van der Waals surface area contributed by atoms with Crippen LogP contribution in [0.2, 0.25) is 10.0 Å². The van der Waals surface area contributed by atoms with Gasteiger partial charge in [-0.05, 0) is 29.8 Å². The molecule has 3 rings (SSSR count). The summed E-state index contributed by atoms with van der Waals surface area (Å²) in [5.74, 6) is -0.778. The van der Waals surface area contributed by atoms with Gasteiger partial charge in [0.15, 0.2) is 5.75 Å². The van der Waals surface area contributed by atoms with Crippen molar-refractivity contribution >= 4 is 34.8 Å².